The molecule has 0 radical (unpaired) electrons. The van der Waals surface area contributed by atoms with Gasteiger partial charge in [0, 0.05) is 16.8 Å². The molecule has 61 heavy (non-hydrogen) atoms. The van der Waals surface area contributed by atoms with Crippen LogP contribution in [0.3, 0.4) is 0 Å². The molecule has 0 saturated carbocycles. The molecule has 11 aromatic rings. The van der Waals surface area contributed by atoms with Crippen LogP contribution < -0.4 is 4.90 Å². The van der Waals surface area contributed by atoms with E-state index >= 15 is 0 Å². The van der Waals surface area contributed by atoms with Crippen LogP contribution >= 0.6 is 0 Å². The summed E-state index contributed by atoms with van der Waals surface area (Å²) >= 11 is 0. The lowest BCUT2D eigenvalue weighted by Gasteiger charge is -2.28. The molecule has 0 aliphatic rings. The Morgan fingerprint density at radius 2 is 0.705 bits per heavy atom. The number of hydrogen-bond acceptors (Lipinski definition) is 1. The summed E-state index contributed by atoms with van der Waals surface area (Å²) in [7, 11) is 0. The van der Waals surface area contributed by atoms with Crippen LogP contribution in [0.4, 0.5) is 17.1 Å². The van der Waals surface area contributed by atoms with Crippen molar-refractivity contribution < 1.29 is 0 Å². The molecule has 0 saturated heterocycles. The van der Waals surface area contributed by atoms with E-state index in [0.29, 0.717) is 0 Å². The van der Waals surface area contributed by atoms with E-state index in [1.807, 2.05) is 0 Å². The van der Waals surface area contributed by atoms with Gasteiger partial charge in [-0.1, -0.05) is 206 Å². The monoisotopic (exact) mass is 775 g/mol. The number of anilines is 3. The largest absolute Gasteiger partial charge is 0.310 e. The minimum atomic E-state index is 1.09. The Hall–Kier alpha value is -8.00. The molecule has 1 heteroatoms. The highest BCUT2D eigenvalue weighted by molar-refractivity contribution is 6.08. The summed E-state index contributed by atoms with van der Waals surface area (Å²) in [6, 6.07) is 90.4. The van der Waals surface area contributed by atoms with Crippen molar-refractivity contribution >= 4 is 49.4 Å². The third-order valence-corrected chi connectivity index (χ3v) is 12.1. The molecule has 0 atom stereocenters. The molecule has 1 nitrogen and oxygen atoms in total. The summed E-state index contributed by atoms with van der Waals surface area (Å²) in [5.41, 5.74) is 15.4. The number of fused-ring (bicyclic) bond motifs is 3. The third kappa shape index (κ3) is 6.83. The van der Waals surface area contributed by atoms with E-state index in [9.17, 15) is 0 Å². The molecule has 0 bridgehead atoms. The molecule has 11 aromatic carbocycles. The number of rotatable bonds is 8. The van der Waals surface area contributed by atoms with Gasteiger partial charge in [-0.15, -0.1) is 0 Å². The van der Waals surface area contributed by atoms with E-state index in [-0.39, 0.29) is 0 Å². The summed E-state index contributed by atoms with van der Waals surface area (Å²) in [6.07, 6.45) is 0. The van der Waals surface area contributed by atoms with Crippen LogP contribution in [0, 0.1) is 0 Å². The third-order valence-electron chi connectivity index (χ3n) is 12.1. The summed E-state index contributed by atoms with van der Waals surface area (Å²) in [5, 5.41) is 7.42. The van der Waals surface area contributed by atoms with E-state index < -0.39 is 0 Å². The lowest BCUT2D eigenvalue weighted by Crippen LogP contribution is -2.10. The molecule has 0 aliphatic carbocycles. The predicted molar refractivity (Wildman–Crippen MR) is 261 cm³/mol. The minimum Gasteiger partial charge on any atom is -0.310 e. The first kappa shape index (κ1) is 36.1. The van der Waals surface area contributed by atoms with Crippen LogP contribution in [0.2, 0.25) is 0 Å². The van der Waals surface area contributed by atoms with E-state index in [2.05, 4.69) is 254 Å². The molecule has 11 rings (SSSR count). The Morgan fingerprint density at radius 1 is 0.230 bits per heavy atom. The normalized spacial score (nSPS) is 11.3. The van der Waals surface area contributed by atoms with Gasteiger partial charge in [0.15, 0.2) is 0 Å². The van der Waals surface area contributed by atoms with E-state index in [1.54, 1.807) is 0 Å². The number of nitrogens with zero attached hydrogens (tertiary/aromatic N) is 1. The van der Waals surface area contributed by atoms with Gasteiger partial charge in [-0.2, -0.15) is 0 Å². The van der Waals surface area contributed by atoms with E-state index in [0.717, 1.165) is 17.1 Å². The van der Waals surface area contributed by atoms with Gasteiger partial charge in [0.05, 0.1) is 5.69 Å². The summed E-state index contributed by atoms with van der Waals surface area (Å²) in [6.45, 7) is 0. The lowest BCUT2D eigenvalue weighted by molar-refractivity contribution is 1.30. The van der Waals surface area contributed by atoms with Crippen molar-refractivity contribution in [2.24, 2.45) is 0 Å². The van der Waals surface area contributed by atoms with Crippen LogP contribution in [0.25, 0.3) is 88.0 Å². The van der Waals surface area contributed by atoms with Gasteiger partial charge in [-0.25, -0.2) is 0 Å². The first-order chi connectivity index (χ1) is 30.2. The molecule has 0 aromatic heterocycles. The highest BCUT2D eigenvalue weighted by atomic mass is 15.1. The minimum absolute atomic E-state index is 1.09. The fourth-order valence-corrected chi connectivity index (χ4v) is 9.06. The topological polar surface area (TPSA) is 3.24 Å². The average Bonchev–Trinajstić information content (AvgIpc) is 3.34. The Kier molecular flexibility index (Phi) is 9.26. The van der Waals surface area contributed by atoms with Crippen LogP contribution in [-0.4, -0.2) is 0 Å². The van der Waals surface area contributed by atoms with Gasteiger partial charge in [0.2, 0.25) is 0 Å². The van der Waals surface area contributed by atoms with Gasteiger partial charge in [-0.05, 0) is 125 Å². The second kappa shape index (κ2) is 15.6. The molecule has 0 fully saturated rings. The number of benzene rings is 11. The zero-order valence-electron chi connectivity index (χ0n) is 33.6. The molecule has 0 amide bonds. The first-order valence-corrected chi connectivity index (χ1v) is 21.0. The van der Waals surface area contributed by atoms with Crippen molar-refractivity contribution in [2.75, 3.05) is 4.90 Å². The lowest BCUT2D eigenvalue weighted by atomic mass is 9.90. The molecule has 0 N–H and O–H groups in total. The Morgan fingerprint density at radius 3 is 1.41 bits per heavy atom. The highest BCUT2D eigenvalue weighted by Gasteiger charge is 2.19. The predicted octanol–water partition coefficient (Wildman–Crippen LogP) is 17.0. The smallest absolute Gasteiger partial charge is 0.0540 e. The molecule has 0 spiro atoms. The first-order valence-electron chi connectivity index (χ1n) is 21.0. The molecule has 286 valence electrons. The molecule has 0 heterocycles. The van der Waals surface area contributed by atoms with Crippen molar-refractivity contribution in [3.63, 3.8) is 0 Å². The van der Waals surface area contributed by atoms with Crippen LogP contribution in [0.5, 0.6) is 0 Å². The zero-order chi connectivity index (χ0) is 40.5. The van der Waals surface area contributed by atoms with Crippen LogP contribution in [0.15, 0.2) is 249 Å². The van der Waals surface area contributed by atoms with Crippen molar-refractivity contribution in [3.8, 4) is 55.6 Å². The quantitative estimate of drug-likeness (QED) is 0.149. The Balaban J connectivity index is 1.01. The highest BCUT2D eigenvalue weighted by Crippen LogP contribution is 2.44. The molecule has 0 unspecified atom stereocenters. The van der Waals surface area contributed by atoms with Crippen molar-refractivity contribution in [1.29, 1.82) is 0 Å². The van der Waals surface area contributed by atoms with Crippen molar-refractivity contribution in [3.05, 3.63) is 249 Å². The second-order valence-electron chi connectivity index (χ2n) is 15.7. The fraction of sp³-hybridized carbons (Fsp3) is 0. The Bertz CT molecular complexity index is 3330. The number of hydrogen-bond donors (Lipinski definition) is 0. The molecule has 0 aliphatic heterocycles. The SMILES string of the molecule is c1ccc(-c2ccc(N(c3ccc(-c4cccc(-c5cccc6cccc(-c7ccccc7)c56)c4)cc3)c3ccc(-c4ccc5ccccc5c4)c4ccccc34)cc2)cc1. The second-order valence-corrected chi connectivity index (χ2v) is 15.7. The maximum Gasteiger partial charge on any atom is 0.0540 e. The zero-order valence-corrected chi connectivity index (χ0v) is 33.6. The van der Waals surface area contributed by atoms with Gasteiger partial charge in [0.25, 0.3) is 0 Å². The van der Waals surface area contributed by atoms with Crippen LogP contribution in [-0.2, 0) is 0 Å². The maximum absolute atomic E-state index is 2.41. The average molecular weight is 776 g/mol. The van der Waals surface area contributed by atoms with Gasteiger partial charge < -0.3 is 4.90 Å². The fourth-order valence-electron chi connectivity index (χ4n) is 9.06. The van der Waals surface area contributed by atoms with E-state index in [1.165, 1.54) is 88.0 Å². The molecular formula is C60H41N. The summed E-state index contributed by atoms with van der Waals surface area (Å²) < 4.78 is 0. The van der Waals surface area contributed by atoms with Gasteiger partial charge >= 0.3 is 0 Å². The Labute approximate surface area is 357 Å². The summed E-state index contributed by atoms with van der Waals surface area (Å²) in [5.74, 6) is 0. The maximum atomic E-state index is 2.41. The van der Waals surface area contributed by atoms with Crippen molar-refractivity contribution in [1.82, 2.24) is 0 Å². The standard InChI is InChI=1S/C60H41N/c1-3-14-42(15-4-1)44-30-34-52(35-31-44)61(59-39-38-54(57-24-9-10-25-58(57)59)51-29-28-43-16-7-8-19-48(43)41-51)53-36-32-45(33-37-53)49-22-11-23-50(40-49)56-27-13-21-47-20-12-26-55(60(47)56)46-17-5-2-6-18-46/h1-41H. The van der Waals surface area contributed by atoms with E-state index in [4.69, 9.17) is 0 Å². The summed E-state index contributed by atoms with van der Waals surface area (Å²) in [4.78, 5) is 2.41. The molecular weight excluding hydrogens is 735 g/mol. The van der Waals surface area contributed by atoms with Crippen molar-refractivity contribution in [2.45, 2.75) is 0 Å². The van der Waals surface area contributed by atoms with Gasteiger partial charge in [-0.3, -0.25) is 0 Å². The van der Waals surface area contributed by atoms with Crippen LogP contribution in [0.1, 0.15) is 0 Å². The van der Waals surface area contributed by atoms with Gasteiger partial charge in [0.1, 0.15) is 0 Å².